The smallest absolute Gasteiger partial charge is 0.123 e. The van der Waals surface area contributed by atoms with E-state index in [2.05, 4.69) is 5.18 Å². The summed E-state index contributed by atoms with van der Waals surface area (Å²) in [5.74, 6) is -0.335. The molecule has 0 radical (unpaired) electrons. The Hall–Kier alpha value is -1.25. The van der Waals surface area contributed by atoms with Crippen molar-refractivity contribution in [3.05, 3.63) is 40.6 Å². The third kappa shape index (κ3) is 1.83. The minimum atomic E-state index is -0.467. The normalized spacial score (nSPS) is 12.5. The monoisotopic (exact) mass is 153 g/mol. The topological polar surface area (TPSA) is 29.4 Å². The maximum atomic E-state index is 12.5. The first-order valence-corrected chi connectivity index (χ1v) is 3.32. The maximum absolute atomic E-state index is 12.5. The van der Waals surface area contributed by atoms with Crippen molar-refractivity contribution in [2.24, 2.45) is 5.18 Å². The van der Waals surface area contributed by atoms with Gasteiger partial charge in [0.05, 0.1) is 0 Å². The van der Waals surface area contributed by atoms with Gasteiger partial charge in [-0.15, -0.1) is 0 Å². The van der Waals surface area contributed by atoms with Crippen LogP contribution in [-0.2, 0) is 0 Å². The Bertz CT molecular complexity index is 262. The predicted octanol–water partition coefficient (Wildman–Crippen LogP) is 2.65. The van der Waals surface area contributed by atoms with E-state index in [0.29, 0.717) is 5.56 Å². The summed E-state index contributed by atoms with van der Waals surface area (Å²) in [5.41, 5.74) is 0.611. The second-order valence-corrected chi connectivity index (χ2v) is 2.34. The second-order valence-electron chi connectivity index (χ2n) is 2.34. The fraction of sp³-hybridized carbons (Fsp3) is 0.250. The highest BCUT2D eigenvalue weighted by Gasteiger charge is 2.04. The van der Waals surface area contributed by atoms with E-state index in [9.17, 15) is 9.30 Å². The lowest BCUT2D eigenvalue weighted by Gasteiger charge is -2.00. The van der Waals surface area contributed by atoms with Crippen LogP contribution < -0.4 is 0 Å². The Morgan fingerprint density at radius 2 is 2.27 bits per heavy atom. The first-order chi connectivity index (χ1) is 5.24. The Labute approximate surface area is 64.0 Å². The average Bonchev–Trinajstić information content (AvgIpc) is 2.03. The van der Waals surface area contributed by atoms with Crippen molar-refractivity contribution in [2.75, 3.05) is 0 Å². The summed E-state index contributed by atoms with van der Waals surface area (Å²) in [6, 6.07) is 5.42. The summed E-state index contributed by atoms with van der Waals surface area (Å²) >= 11 is 0. The Morgan fingerprint density at radius 1 is 1.55 bits per heavy atom. The average molecular weight is 153 g/mol. The van der Waals surface area contributed by atoms with E-state index in [1.807, 2.05) is 0 Å². The van der Waals surface area contributed by atoms with Gasteiger partial charge in [0.2, 0.25) is 0 Å². The van der Waals surface area contributed by atoms with Crippen LogP contribution in [0.2, 0.25) is 0 Å². The summed E-state index contributed by atoms with van der Waals surface area (Å²) < 4.78 is 12.5. The molecule has 0 heterocycles. The lowest BCUT2D eigenvalue weighted by Crippen LogP contribution is -1.88. The molecule has 1 aromatic carbocycles. The van der Waals surface area contributed by atoms with Crippen LogP contribution in [0.1, 0.15) is 18.5 Å². The van der Waals surface area contributed by atoms with E-state index in [0.717, 1.165) is 0 Å². The van der Waals surface area contributed by atoms with Gasteiger partial charge < -0.3 is 0 Å². The molecular weight excluding hydrogens is 145 g/mol. The van der Waals surface area contributed by atoms with Gasteiger partial charge >= 0.3 is 0 Å². The third-order valence-corrected chi connectivity index (χ3v) is 1.49. The quantitative estimate of drug-likeness (QED) is 0.600. The number of benzene rings is 1. The molecule has 0 N–H and O–H groups in total. The molecule has 0 saturated heterocycles. The Balaban J connectivity index is 2.95. The van der Waals surface area contributed by atoms with Crippen LogP contribution in [-0.4, -0.2) is 0 Å². The Morgan fingerprint density at radius 3 is 2.82 bits per heavy atom. The molecular formula is C8H8FNO. The van der Waals surface area contributed by atoms with E-state index < -0.39 is 6.04 Å². The molecule has 0 saturated carbocycles. The molecule has 0 aliphatic rings. The SMILES string of the molecule is CC(N=O)c1cccc(F)c1. The van der Waals surface area contributed by atoms with Crippen molar-refractivity contribution >= 4 is 0 Å². The van der Waals surface area contributed by atoms with Gasteiger partial charge in [-0.25, -0.2) is 4.39 Å². The highest BCUT2D eigenvalue weighted by Crippen LogP contribution is 2.16. The lowest BCUT2D eigenvalue weighted by atomic mass is 10.1. The summed E-state index contributed by atoms with van der Waals surface area (Å²) in [7, 11) is 0. The standard InChI is InChI=1S/C8H8FNO/c1-6(10-11)7-3-2-4-8(9)5-7/h2-6H,1H3. The van der Waals surface area contributed by atoms with Crippen molar-refractivity contribution in [1.29, 1.82) is 0 Å². The van der Waals surface area contributed by atoms with Crippen LogP contribution in [0.15, 0.2) is 29.4 Å². The highest BCUT2D eigenvalue weighted by molar-refractivity contribution is 5.19. The molecule has 0 aliphatic carbocycles. The van der Waals surface area contributed by atoms with Crippen molar-refractivity contribution < 1.29 is 4.39 Å². The molecule has 1 atom stereocenters. The summed E-state index contributed by atoms with van der Waals surface area (Å²) in [6.45, 7) is 1.63. The van der Waals surface area contributed by atoms with Crippen molar-refractivity contribution in [1.82, 2.24) is 0 Å². The minimum absolute atomic E-state index is 0.335. The third-order valence-electron chi connectivity index (χ3n) is 1.49. The van der Waals surface area contributed by atoms with Crippen LogP contribution in [0.4, 0.5) is 4.39 Å². The molecule has 11 heavy (non-hydrogen) atoms. The summed E-state index contributed by atoms with van der Waals surface area (Å²) in [5, 5.41) is 2.78. The largest absolute Gasteiger partial charge is 0.207 e. The van der Waals surface area contributed by atoms with E-state index in [4.69, 9.17) is 0 Å². The maximum Gasteiger partial charge on any atom is 0.123 e. The zero-order valence-corrected chi connectivity index (χ0v) is 6.12. The molecule has 0 aromatic heterocycles. The van der Waals surface area contributed by atoms with Gasteiger partial charge in [0.1, 0.15) is 11.9 Å². The predicted molar refractivity (Wildman–Crippen MR) is 40.6 cm³/mol. The number of nitrogens with zero attached hydrogens (tertiary/aromatic N) is 1. The van der Waals surface area contributed by atoms with Crippen LogP contribution in [0.3, 0.4) is 0 Å². The Kier molecular flexibility index (Phi) is 2.31. The van der Waals surface area contributed by atoms with Gasteiger partial charge in [0.15, 0.2) is 0 Å². The zero-order chi connectivity index (χ0) is 8.27. The highest BCUT2D eigenvalue weighted by atomic mass is 19.1. The van der Waals surface area contributed by atoms with E-state index in [1.54, 1.807) is 19.1 Å². The number of halogens is 1. The molecule has 3 heteroatoms. The van der Waals surface area contributed by atoms with E-state index in [1.165, 1.54) is 12.1 Å². The van der Waals surface area contributed by atoms with Gasteiger partial charge in [-0.2, -0.15) is 4.91 Å². The fourth-order valence-corrected chi connectivity index (χ4v) is 0.827. The number of rotatable bonds is 2. The first kappa shape index (κ1) is 7.85. The van der Waals surface area contributed by atoms with Crippen LogP contribution >= 0.6 is 0 Å². The van der Waals surface area contributed by atoms with Gasteiger partial charge in [-0.1, -0.05) is 17.3 Å². The molecule has 1 unspecified atom stereocenters. The molecule has 0 amide bonds. The molecule has 58 valence electrons. The van der Waals surface area contributed by atoms with Gasteiger partial charge in [0, 0.05) is 0 Å². The van der Waals surface area contributed by atoms with Gasteiger partial charge in [-0.3, -0.25) is 0 Å². The number of hydrogen-bond donors (Lipinski definition) is 0. The van der Waals surface area contributed by atoms with Crippen molar-refractivity contribution in [2.45, 2.75) is 13.0 Å². The molecule has 0 spiro atoms. The van der Waals surface area contributed by atoms with Crippen molar-refractivity contribution in [3.8, 4) is 0 Å². The minimum Gasteiger partial charge on any atom is -0.207 e. The summed E-state index contributed by atoms with van der Waals surface area (Å²) in [4.78, 5) is 10.0. The zero-order valence-electron chi connectivity index (χ0n) is 6.12. The molecule has 0 fully saturated rings. The van der Waals surface area contributed by atoms with Crippen LogP contribution in [0.25, 0.3) is 0 Å². The molecule has 2 nitrogen and oxygen atoms in total. The van der Waals surface area contributed by atoms with Crippen LogP contribution in [0.5, 0.6) is 0 Å². The van der Waals surface area contributed by atoms with Crippen molar-refractivity contribution in [3.63, 3.8) is 0 Å². The van der Waals surface area contributed by atoms with Gasteiger partial charge in [0.25, 0.3) is 0 Å². The molecule has 1 aromatic rings. The molecule has 1 rings (SSSR count). The number of hydrogen-bond acceptors (Lipinski definition) is 2. The first-order valence-electron chi connectivity index (χ1n) is 3.32. The lowest BCUT2D eigenvalue weighted by molar-refractivity contribution is 0.622. The fourth-order valence-electron chi connectivity index (χ4n) is 0.827. The van der Waals surface area contributed by atoms with E-state index in [-0.39, 0.29) is 5.82 Å². The molecule has 0 bridgehead atoms. The van der Waals surface area contributed by atoms with Crippen LogP contribution in [0, 0.1) is 10.7 Å². The second kappa shape index (κ2) is 3.23. The number of nitroso groups, excluding NO2 is 1. The van der Waals surface area contributed by atoms with E-state index >= 15 is 0 Å². The molecule has 0 aliphatic heterocycles. The van der Waals surface area contributed by atoms with Gasteiger partial charge in [-0.05, 0) is 24.6 Å². The summed E-state index contributed by atoms with van der Waals surface area (Å²) in [6.07, 6.45) is 0.